The van der Waals surface area contributed by atoms with Crippen molar-refractivity contribution in [3.05, 3.63) is 92.6 Å². The Bertz CT molecular complexity index is 1440. The Hall–Kier alpha value is -2.74. The molecule has 2 aromatic carbocycles. The number of hydrogen-bond donors (Lipinski definition) is 0. The lowest BCUT2D eigenvalue weighted by Gasteiger charge is -2.26. The second-order valence-corrected chi connectivity index (χ2v) is 11.7. The topological polar surface area (TPSA) is 55.2 Å². The molecule has 0 atom stereocenters. The maximum Gasteiger partial charge on any atom is 0.263 e. The lowest BCUT2D eigenvalue weighted by molar-refractivity contribution is 0.102. The van der Waals surface area contributed by atoms with Crippen LogP contribution >= 0.6 is 23.1 Å². The highest BCUT2D eigenvalue weighted by molar-refractivity contribution is 7.99. The van der Waals surface area contributed by atoms with Crippen molar-refractivity contribution in [2.24, 2.45) is 0 Å². The molecule has 4 aromatic rings. The summed E-state index contributed by atoms with van der Waals surface area (Å²) in [6, 6.07) is 20.2. The number of fused-ring (bicyclic) bond motifs is 3. The van der Waals surface area contributed by atoms with Crippen molar-refractivity contribution in [1.29, 1.82) is 0 Å². The second-order valence-electron chi connectivity index (χ2n) is 9.68. The van der Waals surface area contributed by atoms with Crippen molar-refractivity contribution in [2.45, 2.75) is 63.7 Å². The van der Waals surface area contributed by atoms with Crippen molar-refractivity contribution in [1.82, 2.24) is 14.5 Å². The first-order valence-electron chi connectivity index (χ1n) is 13.7. The summed E-state index contributed by atoms with van der Waals surface area (Å²) in [7, 11) is 0. The van der Waals surface area contributed by atoms with Crippen molar-refractivity contribution in [3.63, 3.8) is 0 Å². The van der Waals surface area contributed by atoms with Gasteiger partial charge in [-0.15, -0.1) is 11.3 Å². The molecule has 2 aliphatic rings. The minimum Gasteiger partial charge on any atom is -0.298 e. The first-order chi connectivity index (χ1) is 18.7. The molecule has 198 valence electrons. The number of thiophene rings is 1. The maximum absolute atomic E-state index is 13.7. The van der Waals surface area contributed by atoms with Crippen LogP contribution in [0.4, 0.5) is 0 Å². The van der Waals surface area contributed by atoms with Crippen molar-refractivity contribution >= 4 is 39.1 Å². The molecule has 38 heavy (non-hydrogen) atoms. The molecule has 0 bridgehead atoms. The molecule has 0 spiro atoms. The van der Waals surface area contributed by atoms with E-state index >= 15 is 0 Å². The fourth-order valence-corrected chi connectivity index (χ4v) is 7.29. The molecule has 0 amide bonds. The zero-order valence-electron chi connectivity index (χ0n) is 22.2. The van der Waals surface area contributed by atoms with Gasteiger partial charge in [0.1, 0.15) is 4.83 Å². The van der Waals surface area contributed by atoms with Gasteiger partial charge < -0.3 is 0 Å². The van der Waals surface area contributed by atoms with Gasteiger partial charge in [-0.25, -0.2) is 4.98 Å². The van der Waals surface area contributed by atoms with Gasteiger partial charge in [-0.3, -0.25) is 19.1 Å². The monoisotopic (exact) mass is 545 g/mol. The van der Waals surface area contributed by atoms with Crippen LogP contribution in [-0.2, 0) is 19.4 Å². The van der Waals surface area contributed by atoms with Gasteiger partial charge in [0.15, 0.2) is 10.9 Å². The number of Topliss-reactive ketones (excluding diaryl/α,β-unsaturated/α-hetero) is 1. The summed E-state index contributed by atoms with van der Waals surface area (Å²) in [5.74, 6) is 0.350. The standard InChI is InChI=1S/C29H29N3O2S2.C2H6/c33-24(21-11-5-2-6-12-21)19-35-29-30-27-26(28(34)32(29)22-13-14-22)23-15-17-31(18-25(23)36-27)16-7-10-20-8-3-1-4-9-20;1-2/h1-6,8-9,11-12,22H,7,10,13-19H2;1-2H3. The molecular formula is C31H35N3O2S2. The predicted molar refractivity (Wildman–Crippen MR) is 159 cm³/mol. The van der Waals surface area contributed by atoms with Gasteiger partial charge in [-0.2, -0.15) is 0 Å². The van der Waals surface area contributed by atoms with Crippen LogP contribution in [0.2, 0.25) is 0 Å². The van der Waals surface area contributed by atoms with Gasteiger partial charge in [0.2, 0.25) is 0 Å². The molecule has 3 heterocycles. The first kappa shape index (κ1) is 26.9. The fraction of sp³-hybridized carbons (Fsp3) is 0.387. The highest BCUT2D eigenvalue weighted by Crippen LogP contribution is 2.39. The van der Waals surface area contributed by atoms with Crippen LogP contribution in [0.5, 0.6) is 0 Å². The number of ketones is 1. The molecule has 5 nitrogen and oxygen atoms in total. The summed E-state index contributed by atoms with van der Waals surface area (Å²) >= 11 is 3.07. The Morgan fingerprint density at radius 2 is 1.76 bits per heavy atom. The van der Waals surface area contributed by atoms with Gasteiger partial charge in [0.05, 0.1) is 11.1 Å². The van der Waals surface area contributed by atoms with E-state index in [9.17, 15) is 9.59 Å². The van der Waals surface area contributed by atoms with Gasteiger partial charge in [0.25, 0.3) is 5.56 Å². The van der Waals surface area contributed by atoms with Crippen molar-refractivity contribution in [2.75, 3.05) is 18.8 Å². The minimum atomic E-state index is 0.0638. The van der Waals surface area contributed by atoms with Crippen molar-refractivity contribution in [3.8, 4) is 0 Å². The number of thioether (sulfide) groups is 1. The highest BCUT2D eigenvalue weighted by atomic mass is 32.2. The summed E-state index contributed by atoms with van der Waals surface area (Å²) in [6.07, 6.45) is 5.14. The molecule has 0 unspecified atom stereocenters. The van der Waals surface area contributed by atoms with E-state index in [1.165, 1.54) is 27.8 Å². The average Bonchev–Trinajstić information content (AvgIpc) is 3.73. The summed E-state index contributed by atoms with van der Waals surface area (Å²) in [5.41, 5.74) is 3.38. The number of rotatable bonds is 9. The van der Waals surface area contributed by atoms with E-state index < -0.39 is 0 Å². The molecule has 0 N–H and O–H groups in total. The van der Waals surface area contributed by atoms with Crippen LogP contribution in [0.25, 0.3) is 10.2 Å². The molecule has 0 saturated heterocycles. The number of carbonyl (C=O) groups is 1. The number of aromatic nitrogens is 2. The molecule has 6 rings (SSSR count). The predicted octanol–water partition coefficient (Wildman–Crippen LogP) is 6.79. The Kier molecular flexibility index (Phi) is 8.77. The first-order valence-corrected chi connectivity index (χ1v) is 15.5. The van der Waals surface area contributed by atoms with Gasteiger partial charge in [-0.05, 0) is 49.8 Å². The highest BCUT2D eigenvalue weighted by Gasteiger charge is 2.31. The quantitative estimate of drug-likeness (QED) is 0.132. The lowest BCUT2D eigenvalue weighted by Crippen LogP contribution is -2.31. The Morgan fingerprint density at radius 3 is 2.47 bits per heavy atom. The smallest absolute Gasteiger partial charge is 0.263 e. The summed E-state index contributed by atoms with van der Waals surface area (Å²) < 4.78 is 1.88. The Labute approximate surface area is 232 Å². The van der Waals surface area contributed by atoms with Crippen LogP contribution in [0.15, 0.2) is 70.6 Å². The molecule has 1 aliphatic carbocycles. The minimum absolute atomic E-state index is 0.0638. The van der Waals surface area contributed by atoms with Crippen LogP contribution in [-0.4, -0.2) is 39.1 Å². The van der Waals surface area contributed by atoms with Gasteiger partial charge in [-0.1, -0.05) is 86.3 Å². The Morgan fingerprint density at radius 1 is 1.05 bits per heavy atom. The SMILES string of the molecule is CC.O=C(CSc1nc2sc3c(c2c(=O)n1C1CC1)CCN(CCCc1ccccc1)C3)c1ccccc1. The third-order valence-corrected chi connectivity index (χ3v) is 9.14. The van der Waals surface area contributed by atoms with Crippen LogP contribution < -0.4 is 5.56 Å². The summed E-state index contributed by atoms with van der Waals surface area (Å²) in [4.78, 5) is 36.0. The maximum atomic E-state index is 13.7. The van der Waals surface area contributed by atoms with E-state index in [0.29, 0.717) is 10.7 Å². The molecular weight excluding hydrogens is 510 g/mol. The van der Waals surface area contributed by atoms with E-state index in [4.69, 9.17) is 4.98 Å². The zero-order valence-corrected chi connectivity index (χ0v) is 23.8. The molecule has 7 heteroatoms. The van der Waals surface area contributed by atoms with Gasteiger partial charge in [0, 0.05) is 29.6 Å². The lowest BCUT2D eigenvalue weighted by atomic mass is 10.0. The fourth-order valence-electron chi connectivity index (χ4n) is 5.03. The van der Waals surface area contributed by atoms with Crippen LogP contribution in [0.1, 0.15) is 65.5 Å². The average molecular weight is 546 g/mol. The van der Waals surface area contributed by atoms with E-state index in [1.807, 2.05) is 48.7 Å². The van der Waals surface area contributed by atoms with Gasteiger partial charge >= 0.3 is 0 Å². The second kappa shape index (κ2) is 12.4. The normalized spacial score (nSPS) is 15.1. The Balaban J connectivity index is 0.00000144. The summed E-state index contributed by atoms with van der Waals surface area (Å²) in [6.45, 7) is 6.94. The van der Waals surface area contributed by atoms with E-state index in [1.54, 1.807) is 11.3 Å². The number of carbonyl (C=O) groups excluding carboxylic acids is 1. The van der Waals surface area contributed by atoms with Crippen LogP contribution in [0.3, 0.4) is 0 Å². The number of hydrogen-bond acceptors (Lipinski definition) is 6. The zero-order chi connectivity index (χ0) is 26.5. The largest absolute Gasteiger partial charge is 0.298 e. The number of nitrogens with zero attached hydrogens (tertiary/aromatic N) is 3. The molecule has 1 saturated carbocycles. The van der Waals surface area contributed by atoms with Crippen molar-refractivity contribution < 1.29 is 4.79 Å². The number of benzene rings is 2. The van der Waals surface area contributed by atoms with E-state index in [0.717, 1.165) is 62.0 Å². The van der Waals surface area contributed by atoms with Crippen LogP contribution in [0, 0.1) is 0 Å². The molecule has 1 aliphatic heterocycles. The van der Waals surface area contributed by atoms with E-state index in [-0.39, 0.29) is 23.1 Å². The molecule has 1 fully saturated rings. The molecule has 2 aromatic heterocycles. The summed E-state index contributed by atoms with van der Waals surface area (Å²) in [5, 5.41) is 1.52. The third kappa shape index (κ3) is 5.95. The third-order valence-electron chi connectivity index (χ3n) is 7.08. The van der Waals surface area contributed by atoms with E-state index in [2.05, 4.69) is 35.2 Å². The molecule has 0 radical (unpaired) electrons. The number of aryl methyl sites for hydroxylation is 1.